The van der Waals surface area contributed by atoms with E-state index in [4.69, 9.17) is 5.11 Å². The van der Waals surface area contributed by atoms with Crippen molar-refractivity contribution in [2.45, 2.75) is 30.5 Å². The maximum atomic E-state index is 12.7. The first-order valence-electron chi connectivity index (χ1n) is 3.56. The second kappa shape index (κ2) is 3.48. The summed E-state index contributed by atoms with van der Waals surface area (Å²) >= 11 is 0. The second-order valence-corrected chi connectivity index (χ2v) is 3.12. The van der Waals surface area contributed by atoms with Gasteiger partial charge in [0, 0.05) is 6.54 Å². The molecular weight excluding hydrogens is 235 g/mol. The van der Waals surface area contributed by atoms with Crippen LogP contribution in [0.2, 0.25) is 0 Å². The van der Waals surface area contributed by atoms with Crippen molar-refractivity contribution in [2.24, 2.45) is 5.73 Å². The summed E-state index contributed by atoms with van der Waals surface area (Å²) in [6, 6.07) is 0. The lowest BCUT2D eigenvalue weighted by Crippen LogP contribution is -2.65. The van der Waals surface area contributed by atoms with Crippen LogP contribution in [0.1, 0.15) is 6.92 Å². The Kier molecular flexibility index (Phi) is 3.34. The van der Waals surface area contributed by atoms with Crippen LogP contribution in [0.3, 0.4) is 0 Å². The van der Waals surface area contributed by atoms with Crippen LogP contribution in [0.4, 0.5) is 30.7 Å². The Hall–Kier alpha value is -0.570. The number of halogens is 7. The highest BCUT2D eigenvalue weighted by atomic mass is 19.4. The highest BCUT2D eigenvalue weighted by Gasteiger charge is 2.78. The third-order valence-corrected chi connectivity index (χ3v) is 1.82. The monoisotopic (exact) mass is 243 g/mol. The standard InChI is InChI=1S/C6H8F7NO/c1-3(15,2-14)4(7,8)5(9,10)6(11,12)13/h15H,2,14H2,1H3. The summed E-state index contributed by atoms with van der Waals surface area (Å²) in [7, 11) is 0. The van der Waals surface area contributed by atoms with Crippen molar-refractivity contribution < 1.29 is 35.8 Å². The van der Waals surface area contributed by atoms with Crippen LogP contribution in [0, 0.1) is 0 Å². The van der Waals surface area contributed by atoms with E-state index in [1.54, 1.807) is 0 Å². The Balaban J connectivity index is 5.38. The van der Waals surface area contributed by atoms with Gasteiger partial charge in [-0.1, -0.05) is 0 Å². The molecule has 0 amide bonds. The van der Waals surface area contributed by atoms with E-state index in [1.807, 2.05) is 0 Å². The van der Waals surface area contributed by atoms with Crippen molar-refractivity contribution in [3.8, 4) is 0 Å². The first-order chi connectivity index (χ1) is 6.31. The molecule has 0 spiro atoms. The van der Waals surface area contributed by atoms with Crippen LogP contribution in [0.5, 0.6) is 0 Å². The summed E-state index contributed by atoms with van der Waals surface area (Å²) in [6.07, 6.45) is -6.46. The molecule has 0 aromatic heterocycles. The molecule has 0 aromatic carbocycles. The van der Waals surface area contributed by atoms with Crippen molar-refractivity contribution in [2.75, 3.05) is 6.54 Å². The maximum absolute atomic E-state index is 12.7. The lowest BCUT2D eigenvalue weighted by Gasteiger charge is -2.37. The molecule has 9 heteroatoms. The van der Waals surface area contributed by atoms with Gasteiger partial charge in [0.05, 0.1) is 0 Å². The maximum Gasteiger partial charge on any atom is 0.459 e. The zero-order valence-electron chi connectivity index (χ0n) is 7.38. The van der Waals surface area contributed by atoms with Gasteiger partial charge in [-0.25, -0.2) is 0 Å². The van der Waals surface area contributed by atoms with Crippen LogP contribution in [-0.4, -0.2) is 35.3 Å². The van der Waals surface area contributed by atoms with Crippen LogP contribution < -0.4 is 5.73 Å². The molecule has 92 valence electrons. The van der Waals surface area contributed by atoms with Gasteiger partial charge >= 0.3 is 18.0 Å². The Morgan fingerprint density at radius 3 is 1.47 bits per heavy atom. The van der Waals surface area contributed by atoms with Gasteiger partial charge in [-0.3, -0.25) is 0 Å². The van der Waals surface area contributed by atoms with Gasteiger partial charge in [0.15, 0.2) is 0 Å². The van der Waals surface area contributed by atoms with E-state index >= 15 is 0 Å². The summed E-state index contributed by atoms with van der Waals surface area (Å²) in [6.45, 7) is -1.34. The number of nitrogens with two attached hydrogens (primary N) is 1. The van der Waals surface area contributed by atoms with Crippen molar-refractivity contribution in [1.29, 1.82) is 0 Å². The molecule has 2 nitrogen and oxygen atoms in total. The molecule has 0 bridgehead atoms. The van der Waals surface area contributed by atoms with E-state index in [1.165, 1.54) is 0 Å². The van der Waals surface area contributed by atoms with Crippen molar-refractivity contribution in [3.63, 3.8) is 0 Å². The SMILES string of the molecule is CC(O)(CN)C(F)(F)C(F)(F)C(F)(F)F. The molecule has 0 fully saturated rings. The smallest absolute Gasteiger partial charge is 0.382 e. The third-order valence-electron chi connectivity index (χ3n) is 1.82. The van der Waals surface area contributed by atoms with Gasteiger partial charge in [0.25, 0.3) is 0 Å². The molecule has 15 heavy (non-hydrogen) atoms. The first kappa shape index (κ1) is 14.4. The number of hydrogen-bond acceptors (Lipinski definition) is 2. The number of hydrogen-bond donors (Lipinski definition) is 2. The fourth-order valence-electron chi connectivity index (χ4n) is 0.644. The molecular formula is C6H8F7NO. The minimum Gasteiger partial charge on any atom is -0.382 e. The normalized spacial score (nSPS) is 18.8. The fraction of sp³-hybridized carbons (Fsp3) is 1.00. The summed E-state index contributed by atoms with van der Waals surface area (Å²) in [5.41, 5.74) is 0.855. The minimum absolute atomic E-state index is 0.104. The van der Waals surface area contributed by atoms with Gasteiger partial charge in [-0.15, -0.1) is 0 Å². The van der Waals surface area contributed by atoms with E-state index in [0.717, 1.165) is 0 Å². The van der Waals surface area contributed by atoms with Crippen molar-refractivity contribution in [3.05, 3.63) is 0 Å². The largest absolute Gasteiger partial charge is 0.459 e. The van der Waals surface area contributed by atoms with E-state index in [0.29, 0.717) is 0 Å². The molecule has 0 aliphatic rings. The highest BCUT2D eigenvalue weighted by molar-refractivity contribution is 5.03. The Morgan fingerprint density at radius 1 is 0.933 bits per heavy atom. The second-order valence-electron chi connectivity index (χ2n) is 3.12. The summed E-state index contributed by atoms with van der Waals surface area (Å²) in [5.74, 6) is -12.0. The van der Waals surface area contributed by atoms with Crippen LogP contribution in [-0.2, 0) is 0 Å². The summed E-state index contributed by atoms with van der Waals surface area (Å²) in [5, 5.41) is 8.69. The van der Waals surface area contributed by atoms with Crippen LogP contribution in [0.15, 0.2) is 0 Å². The molecule has 0 saturated heterocycles. The third kappa shape index (κ3) is 2.03. The van der Waals surface area contributed by atoms with E-state index in [-0.39, 0.29) is 6.92 Å². The molecule has 0 heterocycles. The van der Waals surface area contributed by atoms with Crippen molar-refractivity contribution >= 4 is 0 Å². The molecule has 3 N–H and O–H groups in total. The average Bonchev–Trinajstić information content (AvgIpc) is 2.01. The Morgan fingerprint density at radius 2 is 1.27 bits per heavy atom. The zero-order chi connectivity index (χ0) is 12.7. The quantitative estimate of drug-likeness (QED) is 0.738. The number of alkyl halides is 7. The molecule has 1 atom stereocenters. The molecule has 1 unspecified atom stereocenters. The summed E-state index contributed by atoms with van der Waals surface area (Å²) < 4.78 is 84.8. The van der Waals surface area contributed by atoms with Crippen molar-refractivity contribution in [1.82, 2.24) is 0 Å². The minimum atomic E-state index is -6.46. The molecule has 0 aliphatic heterocycles. The predicted octanol–water partition coefficient (Wildman–Crippen LogP) is 1.53. The first-order valence-corrected chi connectivity index (χ1v) is 3.56. The zero-order valence-corrected chi connectivity index (χ0v) is 7.38. The fourth-order valence-corrected chi connectivity index (χ4v) is 0.644. The Labute approximate surface area is 79.9 Å². The Bertz CT molecular complexity index is 234. The highest BCUT2D eigenvalue weighted by Crippen LogP contribution is 2.50. The van der Waals surface area contributed by atoms with E-state index < -0.39 is 30.2 Å². The molecule has 0 radical (unpaired) electrons. The lowest BCUT2D eigenvalue weighted by molar-refractivity contribution is -0.384. The average molecular weight is 243 g/mol. The topological polar surface area (TPSA) is 46.2 Å². The number of rotatable bonds is 3. The van der Waals surface area contributed by atoms with Gasteiger partial charge in [0.1, 0.15) is 5.60 Å². The molecule has 0 rings (SSSR count). The molecule has 0 aliphatic carbocycles. The van der Waals surface area contributed by atoms with Crippen LogP contribution in [0.25, 0.3) is 0 Å². The van der Waals surface area contributed by atoms with Gasteiger partial charge < -0.3 is 10.8 Å². The predicted molar refractivity (Wildman–Crippen MR) is 35.6 cm³/mol. The summed E-state index contributed by atoms with van der Waals surface area (Å²) in [4.78, 5) is 0. The van der Waals surface area contributed by atoms with E-state index in [2.05, 4.69) is 5.73 Å². The lowest BCUT2D eigenvalue weighted by atomic mass is 9.92. The molecule has 0 aromatic rings. The van der Waals surface area contributed by atoms with Crippen LogP contribution >= 0.6 is 0 Å². The van der Waals surface area contributed by atoms with Gasteiger partial charge in [-0.2, -0.15) is 30.7 Å². The molecule has 0 saturated carbocycles. The van der Waals surface area contributed by atoms with E-state index in [9.17, 15) is 30.7 Å². The van der Waals surface area contributed by atoms with Gasteiger partial charge in [-0.05, 0) is 6.92 Å². The number of aliphatic hydroxyl groups is 1. The van der Waals surface area contributed by atoms with Gasteiger partial charge in [0.2, 0.25) is 0 Å².